The molecule has 1 unspecified atom stereocenters. The molecule has 0 N–H and O–H groups in total. The number of furan rings is 1. The first-order chi connectivity index (χ1) is 13.2. The van der Waals surface area contributed by atoms with Crippen LogP contribution >= 0.6 is 0 Å². The lowest BCUT2D eigenvalue weighted by atomic mass is 10.00. The van der Waals surface area contributed by atoms with Crippen molar-refractivity contribution in [2.45, 2.75) is 45.3 Å². The van der Waals surface area contributed by atoms with Crippen molar-refractivity contribution in [3.8, 4) is 5.75 Å². The number of carbonyl (C=O) groups excluding carboxylic acids is 1. The van der Waals surface area contributed by atoms with E-state index in [-0.39, 0.29) is 5.91 Å². The lowest BCUT2D eigenvalue weighted by Gasteiger charge is -2.34. The predicted octanol–water partition coefficient (Wildman–Crippen LogP) is 5.42. The minimum absolute atomic E-state index is 0.00138. The zero-order valence-electron chi connectivity index (χ0n) is 15.7. The Bertz CT molecular complexity index is 930. The average Bonchev–Trinajstić information content (AvgIpc) is 3.20. The van der Waals surface area contributed by atoms with Crippen molar-refractivity contribution in [3.63, 3.8) is 0 Å². The van der Waals surface area contributed by atoms with Gasteiger partial charge in [-0.25, -0.2) is 0 Å². The van der Waals surface area contributed by atoms with Crippen molar-refractivity contribution in [2.75, 3.05) is 6.54 Å². The molecule has 4 nitrogen and oxygen atoms in total. The molecule has 1 aromatic heterocycles. The maximum atomic E-state index is 12.8. The Balaban J connectivity index is 1.42. The Labute approximate surface area is 159 Å². The van der Waals surface area contributed by atoms with E-state index < -0.39 is 0 Å². The summed E-state index contributed by atoms with van der Waals surface area (Å²) in [6.45, 7) is 3.27. The molecule has 1 fully saturated rings. The summed E-state index contributed by atoms with van der Waals surface area (Å²) in [5.74, 6) is 1.86. The molecule has 3 aromatic rings. The van der Waals surface area contributed by atoms with E-state index in [0.29, 0.717) is 24.2 Å². The van der Waals surface area contributed by atoms with Gasteiger partial charge in [-0.1, -0.05) is 37.3 Å². The van der Waals surface area contributed by atoms with Crippen LogP contribution in [0.3, 0.4) is 0 Å². The Morgan fingerprint density at radius 1 is 1.11 bits per heavy atom. The first-order valence-electron chi connectivity index (χ1n) is 9.76. The predicted molar refractivity (Wildman–Crippen MR) is 106 cm³/mol. The maximum Gasteiger partial charge on any atom is 0.289 e. The highest BCUT2D eigenvalue weighted by Crippen LogP contribution is 2.24. The molecule has 1 amide bonds. The zero-order valence-corrected chi connectivity index (χ0v) is 15.7. The second-order valence-electron chi connectivity index (χ2n) is 7.12. The van der Waals surface area contributed by atoms with Crippen LogP contribution < -0.4 is 4.74 Å². The Morgan fingerprint density at radius 3 is 2.81 bits per heavy atom. The highest BCUT2D eigenvalue weighted by atomic mass is 16.5. The van der Waals surface area contributed by atoms with Gasteiger partial charge in [-0.3, -0.25) is 4.79 Å². The lowest BCUT2D eigenvalue weighted by Crippen LogP contribution is -2.43. The smallest absolute Gasteiger partial charge is 0.289 e. The number of amides is 1. The first-order valence-corrected chi connectivity index (χ1v) is 9.76. The molecule has 27 heavy (non-hydrogen) atoms. The van der Waals surface area contributed by atoms with Crippen LogP contribution in [0.25, 0.3) is 10.8 Å². The molecule has 2 aromatic carbocycles. The SMILES string of the molecule is CCC1CCCCN1C(=O)c1ccc(COc2ccc3ccccc3c2)o1. The fourth-order valence-corrected chi connectivity index (χ4v) is 3.82. The number of likely N-dealkylation sites (tertiary alicyclic amines) is 1. The van der Waals surface area contributed by atoms with Crippen LogP contribution in [0.4, 0.5) is 0 Å². The van der Waals surface area contributed by atoms with Gasteiger partial charge in [0.15, 0.2) is 5.76 Å². The molecule has 1 aliphatic heterocycles. The molecule has 0 radical (unpaired) electrons. The van der Waals surface area contributed by atoms with Crippen LogP contribution in [0.15, 0.2) is 59.0 Å². The number of rotatable bonds is 5. The van der Waals surface area contributed by atoms with Gasteiger partial charge in [-0.05, 0) is 60.7 Å². The highest BCUT2D eigenvalue weighted by molar-refractivity contribution is 5.91. The van der Waals surface area contributed by atoms with Crippen molar-refractivity contribution in [1.82, 2.24) is 4.90 Å². The second kappa shape index (κ2) is 7.87. The summed E-state index contributed by atoms with van der Waals surface area (Å²) >= 11 is 0. The standard InChI is InChI=1S/C23H25NO3/c1-2-19-9-5-6-14-24(19)23(25)22-13-12-21(27-22)16-26-20-11-10-17-7-3-4-8-18(17)15-20/h3-4,7-8,10-13,15,19H,2,5-6,9,14,16H2,1H3. The Hall–Kier alpha value is -2.75. The number of hydrogen-bond donors (Lipinski definition) is 0. The van der Waals surface area contributed by atoms with Crippen LogP contribution in [0.2, 0.25) is 0 Å². The number of carbonyl (C=O) groups is 1. The third-order valence-electron chi connectivity index (χ3n) is 5.33. The number of benzene rings is 2. The van der Waals surface area contributed by atoms with Crippen molar-refractivity contribution >= 4 is 16.7 Å². The van der Waals surface area contributed by atoms with E-state index in [0.717, 1.165) is 36.9 Å². The molecular weight excluding hydrogens is 338 g/mol. The quantitative estimate of drug-likeness (QED) is 0.608. The van der Waals surface area contributed by atoms with Crippen molar-refractivity contribution in [1.29, 1.82) is 0 Å². The number of piperidine rings is 1. The summed E-state index contributed by atoms with van der Waals surface area (Å²) in [6.07, 6.45) is 4.34. The van der Waals surface area contributed by atoms with Crippen LogP contribution in [0.1, 0.15) is 48.9 Å². The fraction of sp³-hybridized carbons (Fsp3) is 0.348. The highest BCUT2D eigenvalue weighted by Gasteiger charge is 2.28. The van der Waals surface area contributed by atoms with Gasteiger partial charge in [0.1, 0.15) is 18.1 Å². The second-order valence-corrected chi connectivity index (χ2v) is 7.12. The number of fused-ring (bicyclic) bond motifs is 1. The van der Waals surface area contributed by atoms with Gasteiger partial charge in [0.05, 0.1) is 0 Å². The Kier molecular flexibility index (Phi) is 5.14. The minimum atomic E-state index is -0.00138. The fourth-order valence-electron chi connectivity index (χ4n) is 3.82. The van der Waals surface area contributed by atoms with Gasteiger partial charge >= 0.3 is 0 Å². The van der Waals surface area contributed by atoms with Crippen molar-refractivity contribution in [3.05, 3.63) is 66.1 Å². The maximum absolute atomic E-state index is 12.8. The third kappa shape index (κ3) is 3.85. The van der Waals surface area contributed by atoms with Crippen LogP contribution in [0.5, 0.6) is 5.75 Å². The number of ether oxygens (including phenoxy) is 1. The molecular formula is C23H25NO3. The Morgan fingerprint density at radius 2 is 1.96 bits per heavy atom. The minimum Gasteiger partial charge on any atom is -0.486 e. The van der Waals surface area contributed by atoms with Crippen LogP contribution in [-0.2, 0) is 6.61 Å². The van der Waals surface area contributed by atoms with Crippen molar-refractivity contribution in [2.24, 2.45) is 0 Å². The number of hydrogen-bond acceptors (Lipinski definition) is 3. The van der Waals surface area contributed by atoms with E-state index in [1.807, 2.05) is 41.3 Å². The van der Waals surface area contributed by atoms with Crippen LogP contribution in [-0.4, -0.2) is 23.4 Å². The summed E-state index contributed by atoms with van der Waals surface area (Å²) in [5, 5.41) is 2.32. The van der Waals surface area contributed by atoms with E-state index in [9.17, 15) is 4.79 Å². The molecule has 0 aliphatic carbocycles. The lowest BCUT2D eigenvalue weighted by molar-refractivity contribution is 0.0571. The van der Waals surface area contributed by atoms with Gasteiger partial charge in [-0.15, -0.1) is 0 Å². The first kappa shape index (κ1) is 17.7. The zero-order chi connectivity index (χ0) is 18.6. The molecule has 4 heteroatoms. The van der Waals surface area contributed by atoms with E-state index >= 15 is 0 Å². The van der Waals surface area contributed by atoms with Crippen LogP contribution in [0, 0.1) is 0 Å². The van der Waals surface area contributed by atoms with E-state index in [4.69, 9.17) is 9.15 Å². The average molecular weight is 363 g/mol. The molecule has 0 spiro atoms. The molecule has 140 valence electrons. The number of nitrogens with zero attached hydrogens (tertiary/aromatic N) is 1. The molecule has 2 heterocycles. The largest absolute Gasteiger partial charge is 0.486 e. The summed E-state index contributed by atoms with van der Waals surface area (Å²) < 4.78 is 11.6. The van der Waals surface area contributed by atoms with Gasteiger partial charge in [0, 0.05) is 12.6 Å². The molecule has 1 saturated heterocycles. The van der Waals surface area contributed by atoms with Gasteiger partial charge < -0.3 is 14.1 Å². The van der Waals surface area contributed by atoms with Gasteiger partial charge in [0.25, 0.3) is 5.91 Å². The molecule has 1 aliphatic rings. The molecule has 0 bridgehead atoms. The molecule has 4 rings (SSSR count). The van der Waals surface area contributed by atoms with Crippen molar-refractivity contribution < 1.29 is 13.9 Å². The monoisotopic (exact) mass is 363 g/mol. The normalized spacial score (nSPS) is 17.2. The van der Waals surface area contributed by atoms with Gasteiger partial charge in [0.2, 0.25) is 0 Å². The molecule has 1 atom stereocenters. The summed E-state index contributed by atoms with van der Waals surface area (Å²) in [6, 6.07) is 18.1. The van der Waals surface area contributed by atoms with E-state index in [1.54, 1.807) is 6.07 Å². The van der Waals surface area contributed by atoms with E-state index in [1.165, 1.54) is 11.8 Å². The van der Waals surface area contributed by atoms with E-state index in [2.05, 4.69) is 19.1 Å². The molecule has 0 saturated carbocycles. The topological polar surface area (TPSA) is 42.7 Å². The third-order valence-corrected chi connectivity index (χ3v) is 5.33. The summed E-state index contributed by atoms with van der Waals surface area (Å²) in [5.41, 5.74) is 0. The van der Waals surface area contributed by atoms with Gasteiger partial charge in [-0.2, -0.15) is 0 Å². The summed E-state index contributed by atoms with van der Waals surface area (Å²) in [4.78, 5) is 14.8. The summed E-state index contributed by atoms with van der Waals surface area (Å²) in [7, 11) is 0.